The molecule has 0 aliphatic carbocycles. The molecule has 0 aromatic carbocycles. The van der Waals surface area contributed by atoms with Gasteiger partial charge in [-0.3, -0.25) is 9.88 Å². The summed E-state index contributed by atoms with van der Waals surface area (Å²) in [5.41, 5.74) is 1.17. The number of ether oxygens (including phenoxy) is 1. The van der Waals surface area contributed by atoms with Crippen LogP contribution in [0.2, 0.25) is 0 Å². The first-order valence-corrected chi connectivity index (χ1v) is 9.14. The van der Waals surface area contributed by atoms with Crippen LogP contribution in [0.15, 0.2) is 41.9 Å². The van der Waals surface area contributed by atoms with Crippen LogP contribution in [0.1, 0.15) is 16.6 Å². The van der Waals surface area contributed by atoms with Gasteiger partial charge in [0.25, 0.3) is 0 Å². The number of aromatic nitrogens is 1. The minimum atomic E-state index is 0.465. The van der Waals surface area contributed by atoms with Crippen LogP contribution in [0.25, 0.3) is 0 Å². The largest absolute Gasteiger partial charge is 0.379 e. The molecule has 0 saturated carbocycles. The predicted molar refractivity (Wildman–Crippen MR) is 94.9 cm³/mol. The van der Waals surface area contributed by atoms with Gasteiger partial charge in [-0.25, -0.2) is 0 Å². The van der Waals surface area contributed by atoms with E-state index in [1.54, 1.807) is 0 Å². The van der Waals surface area contributed by atoms with Gasteiger partial charge in [0, 0.05) is 49.4 Å². The first kappa shape index (κ1) is 16.6. The Morgan fingerprint density at radius 2 is 2.13 bits per heavy atom. The third kappa shape index (κ3) is 4.85. The highest BCUT2D eigenvalue weighted by molar-refractivity contribution is 7.10. The number of likely N-dealkylation sites (N-methyl/N-ethyl adjacent to an activating group) is 1. The van der Waals surface area contributed by atoms with Crippen LogP contribution in [-0.4, -0.2) is 61.2 Å². The Morgan fingerprint density at radius 1 is 1.26 bits per heavy atom. The zero-order chi connectivity index (χ0) is 15.9. The van der Waals surface area contributed by atoms with Crippen molar-refractivity contribution in [2.24, 2.45) is 0 Å². The van der Waals surface area contributed by atoms with Gasteiger partial charge in [0.2, 0.25) is 0 Å². The van der Waals surface area contributed by atoms with Crippen LogP contribution in [0.5, 0.6) is 0 Å². The molecule has 124 valence electrons. The van der Waals surface area contributed by atoms with Crippen molar-refractivity contribution in [2.75, 3.05) is 46.4 Å². The smallest absolute Gasteiger partial charge is 0.0594 e. The Balaban J connectivity index is 1.59. The molecule has 1 fully saturated rings. The highest BCUT2D eigenvalue weighted by Crippen LogP contribution is 2.26. The van der Waals surface area contributed by atoms with Gasteiger partial charge in [-0.1, -0.05) is 12.1 Å². The number of rotatable bonds is 7. The molecule has 23 heavy (non-hydrogen) atoms. The number of hydrogen-bond donors (Lipinski definition) is 0. The molecule has 2 aromatic rings. The molecule has 3 heterocycles. The minimum Gasteiger partial charge on any atom is -0.379 e. The van der Waals surface area contributed by atoms with Crippen LogP contribution in [-0.2, 0) is 11.2 Å². The van der Waals surface area contributed by atoms with E-state index in [0.29, 0.717) is 6.04 Å². The molecule has 0 unspecified atom stereocenters. The average molecular weight is 331 g/mol. The summed E-state index contributed by atoms with van der Waals surface area (Å²) in [4.78, 5) is 10.9. The fourth-order valence-corrected chi connectivity index (χ4v) is 3.85. The number of thiophene rings is 1. The molecule has 1 saturated heterocycles. The van der Waals surface area contributed by atoms with E-state index in [0.717, 1.165) is 45.8 Å². The van der Waals surface area contributed by atoms with E-state index < -0.39 is 0 Å². The average Bonchev–Trinajstić information content (AvgIpc) is 3.14. The SMILES string of the molecule is CN(CCc1ccccn1)C[C@@H](c1cccs1)N1CCOCC1. The zero-order valence-electron chi connectivity index (χ0n) is 13.7. The number of pyridine rings is 1. The van der Waals surface area contributed by atoms with Crippen molar-refractivity contribution < 1.29 is 4.74 Å². The normalized spacial score (nSPS) is 17.5. The maximum atomic E-state index is 5.52. The molecule has 5 heteroatoms. The molecule has 1 aliphatic rings. The van der Waals surface area contributed by atoms with Crippen molar-refractivity contribution >= 4 is 11.3 Å². The van der Waals surface area contributed by atoms with E-state index in [4.69, 9.17) is 4.74 Å². The summed E-state index contributed by atoms with van der Waals surface area (Å²) < 4.78 is 5.52. The molecule has 0 bridgehead atoms. The van der Waals surface area contributed by atoms with Gasteiger partial charge < -0.3 is 9.64 Å². The van der Waals surface area contributed by atoms with Gasteiger partial charge in [-0.2, -0.15) is 0 Å². The molecule has 0 amide bonds. The predicted octanol–water partition coefficient (Wildman–Crippen LogP) is 2.69. The second-order valence-electron chi connectivity index (χ2n) is 6.01. The van der Waals surface area contributed by atoms with Crippen molar-refractivity contribution in [1.82, 2.24) is 14.8 Å². The Labute approximate surface area is 142 Å². The molecular weight excluding hydrogens is 306 g/mol. The van der Waals surface area contributed by atoms with Crippen molar-refractivity contribution in [1.29, 1.82) is 0 Å². The Morgan fingerprint density at radius 3 is 2.83 bits per heavy atom. The van der Waals surface area contributed by atoms with E-state index in [-0.39, 0.29) is 0 Å². The third-order valence-corrected chi connectivity index (χ3v) is 5.29. The summed E-state index contributed by atoms with van der Waals surface area (Å²) in [5, 5.41) is 2.18. The van der Waals surface area contributed by atoms with E-state index in [1.165, 1.54) is 10.6 Å². The van der Waals surface area contributed by atoms with Crippen LogP contribution >= 0.6 is 11.3 Å². The first-order chi connectivity index (χ1) is 11.3. The maximum absolute atomic E-state index is 5.52. The highest BCUT2D eigenvalue weighted by Gasteiger charge is 2.24. The monoisotopic (exact) mass is 331 g/mol. The Kier molecular flexibility index (Phi) is 6.16. The van der Waals surface area contributed by atoms with Crippen molar-refractivity contribution in [3.05, 3.63) is 52.5 Å². The van der Waals surface area contributed by atoms with Gasteiger partial charge >= 0.3 is 0 Å². The van der Waals surface area contributed by atoms with Gasteiger partial charge in [-0.15, -0.1) is 11.3 Å². The highest BCUT2D eigenvalue weighted by atomic mass is 32.1. The summed E-state index contributed by atoms with van der Waals surface area (Å²) in [6.45, 7) is 5.82. The lowest BCUT2D eigenvalue weighted by Gasteiger charge is -2.36. The van der Waals surface area contributed by atoms with E-state index >= 15 is 0 Å². The molecule has 3 rings (SSSR count). The van der Waals surface area contributed by atoms with E-state index in [9.17, 15) is 0 Å². The zero-order valence-corrected chi connectivity index (χ0v) is 14.5. The minimum absolute atomic E-state index is 0.465. The van der Waals surface area contributed by atoms with Crippen LogP contribution in [0.3, 0.4) is 0 Å². The van der Waals surface area contributed by atoms with Crippen molar-refractivity contribution in [2.45, 2.75) is 12.5 Å². The summed E-state index contributed by atoms with van der Waals surface area (Å²) in [6, 6.07) is 11.0. The first-order valence-electron chi connectivity index (χ1n) is 8.26. The van der Waals surface area contributed by atoms with Gasteiger partial charge in [0.05, 0.1) is 19.3 Å². The lowest BCUT2D eigenvalue weighted by Crippen LogP contribution is -2.43. The molecule has 0 N–H and O–H groups in total. The summed E-state index contributed by atoms with van der Waals surface area (Å²) in [5.74, 6) is 0. The quantitative estimate of drug-likeness (QED) is 0.780. The molecule has 2 aromatic heterocycles. The standard InChI is InChI=1S/C18H25N3OS/c1-20(9-7-16-5-2-3-8-19-16)15-17(18-6-4-14-23-18)21-10-12-22-13-11-21/h2-6,8,14,17H,7,9-13,15H2,1H3/t17-/m0/s1. The summed E-state index contributed by atoms with van der Waals surface area (Å²) in [6.07, 6.45) is 2.87. The second-order valence-corrected chi connectivity index (χ2v) is 6.99. The van der Waals surface area contributed by atoms with Crippen molar-refractivity contribution in [3.8, 4) is 0 Å². The van der Waals surface area contributed by atoms with Gasteiger partial charge in [-0.05, 0) is 30.6 Å². The molecule has 4 nitrogen and oxygen atoms in total. The third-order valence-electron chi connectivity index (χ3n) is 4.32. The van der Waals surface area contributed by atoms with E-state index in [2.05, 4.69) is 51.5 Å². The fourth-order valence-electron chi connectivity index (χ4n) is 2.99. The van der Waals surface area contributed by atoms with Gasteiger partial charge in [0.1, 0.15) is 0 Å². The number of hydrogen-bond acceptors (Lipinski definition) is 5. The Hall–Kier alpha value is -1.27. The molecule has 1 atom stereocenters. The maximum Gasteiger partial charge on any atom is 0.0594 e. The lowest BCUT2D eigenvalue weighted by atomic mass is 10.1. The Bertz CT molecular complexity index is 555. The topological polar surface area (TPSA) is 28.6 Å². The van der Waals surface area contributed by atoms with Crippen LogP contribution in [0.4, 0.5) is 0 Å². The van der Waals surface area contributed by atoms with E-state index in [1.807, 2.05) is 23.6 Å². The number of morpholine rings is 1. The second kappa shape index (κ2) is 8.55. The lowest BCUT2D eigenvalue weighted by molar-refractivity contribution is 0.0102. The summed E-state index contributed by atoms with van der Waals surface area (Å²) in [7, 11) is 2.21. The molecule has 0 radical (unpaired) electrons. The fraction of sp³-hybridized carbons (Fsp3) is 0.500. The molecule has 1 aliphatic heterocycles. The van der Waals surface area contributed by atoms with Crippen molar-refractivity contribution in [3.63, 3.8) is 0 Å². The van der Waals surface area contributed by atoms with Crippen LogP contribution < -0.4 is 0 Å². The van der Waals surface area contributed by atoms with Crippen LogP contribution in [0, 0.1) is 0 Å². The molecular formula is C18H25N3OS. The number of nitrogens with zero attached hydrogens (tertiary/aromatic N) is 3. The van der Waals surface area contributed by atoms with Gasteiger partial charge in [0.15, 0.2) is 0 Å². The summed E-state index contributed by atoms with van der Waals surface area (Å²) >= 11 is 1.86. The molecule has 0 spiro atoms.